The second-order valence-corrected chi connectivity index (χ2v) is 14.2. The van der Waals surface area contributed by atoms with Crippen molar-refractivity contribution in [2.45, 2.75) is 153 Å². The topological polar surface area (TPSA) is 127 Å². The number of aliphatic imine (C=N–C) groups is 1. The van der Waals surface area contributed by atoms with E-state index in [1.807, 2.05) is 6.26 Å². The van der Waals surface area contributed by atoms with E-state index < -0.39 is 0 Å². The minimum Gasteiger partial charge on any atom is -0.466 e. The summed E-state index contributed by atoms with van der Waals surface area (Å²) in [5, 5.41) is 11.7. The Morgan fingerprint density at radius 1 is 0.682 bits per heavy atom. The van der Waals surface area contributed by atoms with E-state index in [4.69, 9.17) is 19.5 Å². The van der Waals surface area contributed by atoms with Crippen molar-refractivity contribution in [1.82, 2.24) is 5.32 Å². The number of esters is 1. The molecule has 0 aliphatic heterocycles. The van der Waals surface area contributed by atoms with Crippen molar-refractivity contribution in [1.29, 1.82) is 5.26 Å². The third-order valence-corrected chi connectivity index (χ3v) is 11.0. The molecule has 0 unspecified atom stereocenters. The molecule has 4 aliphatic carbocycles. The lowest BCUT2D eigenvalue weighted by molar-refractivity contribution is -0.145. The van der Waals surface area contributed by atoms with Gasteiger partial charge in [0.05, 0.1) is 19.3 Å². The number of rotatable bonds is 14. The molecule has 0 spiro atoms. The molecule has 1 amide bonds. The van der Waals surface area contributed by atoms with Crippen LogP contribution in [0.4, 0.5) is 4.79 Å². The lowest BCUT2D eigenvalue weighted by Gasteiger charge is -2.33. The zero-order valence-electron chi connectivity index (χ0n) is 26.7. The van der Waals surface area contributed by atoms with Crippen LogP contribution in [0.1, 0.15) is 135 Å². The highest BCUT2D eigenvalue weighted by Gasteiger charge is 2.29. The fourth-order valence-electron chi connectivity index (χ4n) is 8.36. The highest BCUT2D eigenvalue weighted by molar-refractivity contribution is 5.69. The highest BCUT2D eigenvalue weighted by Crippen LogP contribution is 2.39. The van der Waals surface area contributed by atoms with Gasteiger partial charge in [-0.25, -0.2) is 14.6 Å². The average Bonchev–Trinajstić information content (AvgIpc) is 3.03. The van der Waals surface area contributed by atoms with E-state index in [0.717, 1.165) is 101 Å². The van der Waals surface area contributed by atoms with Gasteiger partial charge in [0.25, 0.3) is 6.26 Å². The van der Waals surface area contributed by atoms with Crippen molar-refractivity contribution in [3.8, 4) is 6.26 Å². The average molecular weight is 614 g/mol. The number of ether oxygens (including phenoxy) is 3. The van der Waals surface area contributed by atoms with Crippen LogP contribution in [0.15, 0.2) is 4.99 Å². The molecule has 4 aliphatic rings. The Hall–Kier alpha value is -2.59. The van der Waals surface area contributed by atoms with Gasteiger partial charge in [0.1, 0.15) is 6.10 Å². The molecule has 4 rings (SSSR count). The van der Waals surface area contributed by atoms with Gasteiger partial charge in [-0.2, -0.15) is 5.26 Å². The molecule has 44 heavy (non-hydrogen) atoms. The Bertz CT molecular complexity index is 946. The summed E-state index contributed by atoms with van der Waals surface area (Å²) in [6, 6.07) is 0.378. The van der Waals surface area contributed by atoms with Crippen LogP contribution in [0.25, 0.3) is 0 Å². The van der Waals surface area contributed by atoms with Crippen LogP contribution in [-0.2, 0) is 23.8 Å². The standard InChI is InChI=1S/C35H55N3O6/c36-24-44-33-17-11-29(12-18-33)21-26-3-5-30(6-4-26)23-34(40)42-19-1-2-20-43-35(41)38-32-15-9-28(10-16-32)22-27-7-13-31(14-8-27)37-25-39/h26-33H,1-23H2,(H,38,41). The van der Waals surface area contributed by atoms with E-state index in [2.05, 4.69) is 10.3 Å². The smallest absolute Gasteiger partial charge is 0.407 e. The Morgan fingerprint density at radius 3 is 1.75 bits per heavy atom. The first-order valence-corrected chi connectivity index (χ1v) is 17.7. The third kappa shape index (κ3) is 12.4. The number of hydrogen-bond donors (Lipinski definition) is 1. The Morgan fingerprint density at radius 2 is 1.18 bits per heavy atom. The van der Waals surface area contributed by atoms with Crippen molar-refractivity contribution in [3.05, 3.63) is 0 Å². The molecule has 9 nitrogen and oxygen atoms in total. The van der Waals surface area contributed by atoms with Crippen molar-refractivity contribution in [2.24, 2.45) is 34.6 Å². The summed E-state index contributed by atoms with van der Waals surface area (Å²) < 4.78 is 16.0. The third-order valence-electron chi connectivity index (χ3n) is 11.0. The normalized spacial score (nSPS) is 32.3. The van der Waals surface area contributed by atoms with Crippen molar-refractivity contribution < 1.29 is 28.6 Å². The number of amides is 1. The molecule has 4 saturated carbocycles. The lowest BCUT2D eigenvalue weighted by Crippen LogP contribution is -2.38. The molecule has 9 heteroatoms. The number of nitriles is 1. The van der Waals surface area contributed by atoms with E-state index in [-0.39, 0.29) is 30.3 Å². The van der Waals surface area contributed by atoms with Gasteiger partial charge in [-0.05, 0) is 145 Å². The number of alkyl carbamates (subject to hydrolysis) is 1. The molecule has 0 heterocycles. The van der Waals surface area contributed by atoms with E-state index in [9.17, 15) is 14.4 Å². The lowest BCUT2D eigenvalue weighted by atomic mass is 9.74. The fourth-order valence-corrected chi connectivity index (χ4v) is 8.36. The number of isocyanates is 1. The van der Waals surface area contributed by atoms with Crippen LogP contribution in [0.5, 0.6) is 0 Å². The largest absolute Gasteiger partial charge is 0.466 e. The summed E-state index contributed by atoms with van der Waals surface area (Å²) in [4.78, 5) is 39.0. The molecule has 0 saturated heterocycles. The summed E-state index contributed by atoms with van der Waals surface area (Å²) in [7, 11) is 0. The maximum atomic E-state index is 12.4. The van der Waals surface area contributed by atoms with E-state index in [1.54, 1.807) is 6.08 Å². The highest BCUT2D eigenvalue weighted by atomic mass is 16.5. The zero-order chi connectivity index (χ0) is 31.0. The predicted molar refractivity (Wildman–Crippen MR) is 166 cm³/mol. The molecular formula is C35H55N3O6. The minimum atomic E-state index is -0.337. The predicted octanol–water partition coefficient (Wildman–Crippen LogP) is 7.52. The van der Waals surface area contributed by atoms with Crippen molar-refractivity contribution in [3.63, 3.8) is 0 Å². The van der Waals surface area contributed by atoms with Gasteiger partial charge in [0, 0.05) is 12.5 Å². The fraction of sp³-hybridized carbons (Fsp3) is 0.886. The number of carbonyl (C=O) groups excluding carboxylic acids is 3. The van der Waals surface area contributed by atoms with E-state index >= 15 is 0 Å². The van der Waals surface area contributed by atoms with Gasteiger partial charge in [-0.15, -0.1) is 0 Å². The van der Waals surface area contributed by atoms with Gasteiger partial charge in [-0.1, -0.05) is 12.8 Å². The number of unbranched alkanes of at least 4 members (excludes halogenated alkanes) is 1. The molecule has 246 valence electrons. The Kier molecular flexibility index (Phi) is 14.8. The second-order valence-electron chi connectivity index (χ2n) is 14.2. The van der Waals surface area contributed by atoms with Crippen LogP contribution >= 0.6 is 0 Å². The van der Waals surface area contributed by atoms with Crippen molar-refractivity contribution >= 4 is 18.1 Å². The SMILES string of the molecule is N#COC1CCC(CC2CCC(CC(=O)OCCCCOC(=O)NC3CCC(CC4CCC(N=C=O)CC4)CC3)CC2)CC1. The van der Waals surface area contributed by atoms with Crippen LogP contribution < -0.4 is 5.32 Å². The summed E-state index contributed by atoms with van der Waals surface area (Å²) in [6.07, 6.45) is 25.4. The molecule has 4 fully saturated rings. The zero-order valence-corrected chi connectivity index (χ0v) is 26.7. The van der Waals surface area contributed by atoms with Crippen LogP contribution in [0.2, 0.25) is 0 Å². The van der Waals surface area contributed by atoms with Crippen LogP contribution in [0, 0.1) is 41.1 Å². The molecule has 0 bridgehead atoms. The van der Waals surface area contributed by atoms with Crippen LogP contribution in [-0.4, -0.2) is 49.5 Å². The van der Waals surface area contributed by atoms with Crippen LogP contribution in [0.3, 0.4) is 0 Å². The Balaban J connectivity index is 0.948. The minimum absolute atomic E-state index is 0.0988. The first kappa shape index (κ1) is 34.3. The number of nitrogens with zero attached hydrogens (tertiary/aromatic N) is 2. The summed E-state index contributed by atoms with van der Waals surface area (Å²) in [6.45, 7) is 0.722. The van der Waals surface area contributed by atoms with Gasteiger partial charge in [0.2, 0.25) is 6.08 Å². The first-order chi connectivity index (χ1) is 21.5. The molecule has 0 aromatic rings. The molecule has 0 aromatic carbocycles. The monoisotopic (exact) mass is 613 g/mol. The molecular weight excluding hydrogens is 558 g/mol. The first-order valence-electron chi connectivity index (χ1n) is 17.7. The number of carbonyl (C=O) groups is 2. The maximum Gasteiger partial charge on any atom is 0.407 e. The quantitative estimate of drug-likeness (QED) is 0.0705. The Labute approximate surface area is 264 Å². The van der Waals surface area contributed by atoms with E-state index in [0.29, 0.717) is 38.4 Å². The maximum absolute atomic E-state index is 12.4. The van der Waals surface area contributed by atoms with E-state index in [1.165, 1.54) is 38.5 Å². The molecule has 0 atom stereocenters. The molecule has 1 N–H and O–H groups in total. The summed E-state index contributed by atoms with van der Waals surface area (Å²) >= 11 is 0. The second kappa shape index (κ2) is 19.0. The van der Waals surface area contributed by atoms with Crippen molar-refractivity contribution in [2.75, 3.05) is 13.2 Å². The summed E-state index contributed by atoms with van der Waals surface area (Å²) in [5.74, 6) is 3.33. The number of nitrogens with one attached hydrogen (secondary N) is 1. The molecule has 0 radical (unpaired) electrons. The number of hydrogen-bond acceptors (Lipinski definition) is 8. The van der Waals surface area contributed by atoms with Gasteiger partial charge < -0.3 is 19.5 Å². The van der Waals surface area contributed by atoms with Gasteiger partial charge >= 0.3 is 12.1 Å². The molecule has 0 aromatic heterocycles. The van der Waals surface area contributed by atoms with Gasteiger partial charge in [-0.3, -0.25) is 4.79 Å². The summed E-state index contributed by atoms with van der Waals surface area (Å²) in [5.41, 5.74) is 0. The van der Waals surface area contributed by atoms with Gasteiger partial charge in [0.15, 0.2) is 0 Å².